The monoisotopic (exact) mass is 328 g/mol. The van der Waals surface area contributed by atoms with Gasteiger partial charge in [-0.15, -0.1) is 0 Å². The van der Waals surface area contributed by atoms with Crippen LogP contribution in [0.25, 0.3) is 22.3 Å². The third kappa shape index (κ3) is 3.11. The zero-order valence-corrected chi connectivity index (χ0v) is 14.4. The van der Waals surface area contributed by atoms with Gasteiger partial charge in [0.15, 0.2) is 5.65 Å². The van der Waals surface area contributed by atoms with Gasteiger partial charge >= 0.3 is 0 Å². The molecule has 4 rings (SSSR count). The Morgan fingerprint density at radius 2 is 1.64 bits per heavy atom. The van der Waals surface area contributed by atoms with Crippen molar-refractivity contribution in [2.45, 2.75) is 6.54 Å². The molecule has 0 N–H and O–H groups in total. The Balaban J connectivity index is 1.65. The molecule has 124 valence electrons. The number of hydrogen-bond acceptors (Lipinski definition) is 3. The molecule has 4 heteroatoms. The topological polar surface area (TPSA) is 34.0 Å². The second-order valence-electron chi connectivity index (χ2n) is 6.37. The summed E-state index contributed by atoms with van der Waals surface area (Å²) in [7, 11) is 4.09. The normalized spacial score (nSPS) is 11.0. The van der Waals surface area contributed by atoms with Crippen LogP contribution in [0.5, 0.6) is 0 Å². The first-order valence-electron chi connectivity index (χ1n) is 8.33. The van der Waals surface area contributed by atoms with Gasteiger partial charge in [-0.05, 0) is 29.3 Å². The zero-order chi connectivity index (χ0) is 17.2. The number of pyridine rings is 1. The Bertz CT molecular complexity index is 986. The zero-order valence-electron chi connectivity index (χ0n) is 14.4. The van der Waals surface area contributed by atoms with Crippen molar-refractivity contribution >= 4 is 16.9 Å². The van der Waals surface area contributed by atoms with Crippen molar-refractivity contribution in [3.05, 3.63) is 78.8 Å². The predicted octanol–water partition coefficient (Wildman–Crippen LogP) is 4.21. The van der Waals surface area contributed by atoms with E-state index in [1.165, 1.54) is 11.3 Å². The lowest BCUT2D eigenvalue weighted by molar-refractivity contribution is 0.814. The Morgan fingerprint density at radius 3 is 2.36 bits per heavy atom. The minimum absolute atomic E-state index is 0.779. The van der Waals surface area contributed by atoms with E-state index in [0.29, 0.717) is 0 Å². The van der Waals surface area contributed by atoms with Crippen LogP contribution in [-0.2, 0) is 6.54 Å². The van der Waals surface area contributed by atoms with Crippen LogP contribution in [0.1, 0.15) is 5.56 Å². The molecule has 0 bridgehead atoms. The second kappa shape index (κ2) is 6.40. The molecule has 0 spiro atoms. The fraction of sp³-hybridized carbons (Fsp3) is 0.143. The summed E-state index contributed by atoms with van der Waals surface area (Å²) in [4.78, 5) is 11.3. The molecule has 0 saturated carbocycles. The second-order valence-corrected chi connectivity index (χ2v) is 6.37. The molecule has 0 unspecified atom stereocenters. The molecule has 2 heterocycles. The number of hydrogen-bond donors (Lipinski definition) is 0. The number of aromatic nitrogens is 3. The highest BCUT2D eigenvalue weighted by atomic mass is 15.1. The van der Waals surface area contributed by atoms with Crippen molar-refractivity contribution in [1.82, 2.24) is 14.5 Å². The Morgan fingerprint density at radius 1 is 0.880 bits per heavy atom. The van der Waals surface area contributed by atoms with Gasteiger partial charge in [0.05, 0.1) is 12.9 Å². The number of imidazole rings is 1. The maximum absolute atomic E-state index is 4.66. The van der Waals surface area contributed by atoms with Crippen molar-refractivity contribution in [1.29, 1.82) is 0 Å². The smallest absolute Gasteiger partial charge is 0.160 e. The van der Waals surface area contributed by atoms with E-state index < -0.39 is 0 Å². The molecule has 4 aromatic rings. The molecule has 2 aromatic carbocycles. The highest BCUT2D eigenvalue weighted by Gasteiger charge is 2.07. The van der Waals surface area contributed by atoms with E-state index >= 15 is 0 Å². The highest BCUT2D eigenvalue weighted by molar-refractivity contribution is 5.78. The van der Waals surface area contributed by atoms with E-state index in [1.54, 1.807) is 0 Å². The van der Waals surface area contributed by atoms with E-state index in [4.69, 9.17) is 0 Å². The van der Waals surface area contributed by atoms with Gasteiger partial charge in [-0.2, -0.15) is 0 Å². The maximum atomic E-state index is 4.66. The molecule has 2 aromatic heterocycles. The highest BCUT2D eigenvalue weighted by Crippen LogP contribution is 2.24. The molecule has 0 amide bonds. The number of benzene rings is 2. The molecule has 0 aliphatic heterocycles. The van der Waals surface area contributed by atoms with Crippen LogP contribution in [0.2, 0.25) is 0 Å². The third-order valence-electron chi connectivity index (χ3n) is 4.37. The molecule has 0 radical (unpaired) electrons. The predicted molar refractivity (Wildman–Crippen MR) is 103 cm³/mol. The van der Waals surface area contributed by atoms with Crippen LogP contribution in [0.3, 0.4) is 0 Å². The van der Waals surface area contributed by atoms with E-state index in [1.807, 2.05) is 32.7 Å². The van der Waals surface area contributed by atoms with Gasteiger partial charge in [0.25, 0.3) is 0 Å². The molecular weight excluding hydrogens is 308 g/mol. The average molecular weight is 328 g/mol. The lowest BCUT2D eigenvalue weighted by atomic mass is 10.1. The van der Waals surface area contributed by atoms with Gasteiger partial charge in [-0.25, -0.2) is 9.97 Å². The average Bonchev–Trinajstić information content (AvgIpc) is 3.05. The molecule has 0 atom stereocenters. The number of rotatable bonds is 4. The van der Waals surface area contributed by atoms with Crippen molar-refractivity contribution in [3.63, 3.8) is 0 Å². The van der Waals surface area contributed by atoms with Crippen molar-refractivity contribution in [2.75, 3.05) is 19.0 Å². The summed E-state index contributed by atoms with van der Waals surface area (Å²) >= 11 is 0. The minimum atomic E-state index is 0.779. The van der Waals surface area contributed by atoms with Gasteiger partial charge in [-0.3, -0.25) is 0 Å². The quantitative estimate of drug-likeness (QED) is 0.563. The van der Waals surface area contributed by atoms with Gasteiger partial charge in [-0.1, -0.05) is 42.5 Å². The fourth-order valence-corrected chi connectivity index (χ4v) is 2.95. The minimum Gasteiger partial charge on any atom is -0.378 e. The molecular formula is C21H20N4. The van der Waals surface area contributed by atoms with Crippen molar-refractivity contribution in [2.24, 2.45) is 0 Å². The van der Waals surface area contributed by atoms with E-state index in [0.717, 1.165) is 28.8 Å². The maximum Gasteiger partial charge on any atom is 0.160 e. The molecule has 0 aliphatic rings. The van der Waals surface area contributed by atoms with Crippen LogP contribution in [-0.4, -0.2) is 28.6 Å². The Kier molecular flexibility index (Phi) is 3.94. The van der Waals surface area contributed by atoms with Gasteiger partial charge in [0.2, 0.25) is 0 Å². The molecule has 4 nitrogen and oxygen atoms in total. The van der Waals surface area contributed by atoms with E-state index in [9.17, 15) is 0 Å². The van der Waals surface area contributed by atoms with E-state index in [-0.39, 0.29) is 0 Å². The summed E-state index contributed by atoms with van der Waals surface area (Å²) in [6.45, 7) is 0.779. The summed E-state index contributed by atoms with van der Waals surface area (Å²) < 4.78 is 2.09. The summed E-state index contributed by atoms with van der Waals surface area (Å²) in [6, 6.07) is 21.0. The van der Waals surface area contributed by atoms with Crippen LogP contribution in [0.4, 0.5) is 5.69 Å². The molecule has 0 fully saturated rings. The van der Waals surface area contributed by atoms with Gasteiger partial charge in [0.1, 0.15) is 5.52 Å². The van der Waals surface area contributed by atoms with Crippen molar-refractivity contribution in [3.8, 4) is 11.1 Å². The first-order valence-corrected chi connectivity index (χ1v) is 8.33. The summed E-state index contributed by atoms with van der Waals surface area (Å²) in [5.74, 6) is 0. The van der Waals surface area contributed by atoms with E-state index in [2.05, 4.69) is 74.0 Å². The largest absolute Gasteiger partial charge is 0.378 e. The first kappa shape index (κ1) is 15.4. The van der Waals surface area contributed by atoms with Crippen LogP contribution in [0, 0.1) is 0 Å². The third-order valence-corrected chi connectivity index (χ3v) is 4.37. The van der Waals surface area contributed by atoms with Gasteiger partial charge in [0, 0.05) is 31.5 Å². The first-order chi connectivity index (χ1) is 12.2. The Labute approximate surface area is 147 Å². The lowest BCUT2D eigenvalue weighted by Crippen LogP contribution is -2.07. The number of anilines is 1. The van der Waals surface area contributed by atoms with Crippen LogP contribution in [0.15, 0.2) is 73.2 Å². The van der Waals surface area contributed by atoms with Crippen molar-refractivity contribution < 1.29 is 0 Å². The molecule has 0 aliphatic carbocycles. The van der Waals surface area contributed by atoms with Gasteiger partial charge < -0.3 is 9.47 Å². The SMILES string of the molecule is CN(C)c1ccc(-c2cnc3c(c2)ncn3Cc2ccccc2)cc1. The fourth-order valence-electron chi connectivity index (χ4n) is 2.95. The molecule has 25 heavy (non-hydrogen) atoms. The lowest BCUT2D eigenvalue weighted by Gasteiger charge is -2.12. The van der Waals surface area contributed by atoms with Crippen LogP contribution >= 0.6 is 0 Å². The molecule has 0 saturated heterocycles. The summed E-state index contributed by atoms with van der Waals surface area (Å²) in [5, 5.41) is 0. The van der Waals surface area contributed by atoms with Crippen LogP contribution < -0.4 is 4.90 Å². The number of nitrogens with zero attached hydrogens (tertiary/aromatic N) is 4. The summed E-state index contributed by atoms with van der Waals surface area (Å²) in [6.07, 6.45) is 3.79. The standard InChI is InChI=1S/C21H20N4/c1-24(2)19-10-8-17(9-11-19)18-12-20-21(22-13-18)25(15-23-20)14-16-6-4-3-5-7-16/h3-13,15H,14H2,1-2H3. The Hall–Kier alpha value is -3.14. The summed E-state index contributed by atoms with van der Waals surface area (Å²) in [5.41, 5.74) is 6.50. The number of fused-ring (bicyclic) bond motifs is 1.